The Hall–Kier alpha value is -1.57. The standard InChI is InChI=1S/C14H13ClN4OS2/c15-9-6-11-13(17-7-9)19-14(18-11)22-8-12(20)16-4-3-10-2-1-5-21-10/h1-2,5-7H,3-4,8H2,(H,16,20)(H,17,18,19). The van der Waals surface area contributed by atoms with Gasteiger partial charge in [-0.2, -0.15) is 0 Å². The van der Waals surface area contributed by atoms with Crippen molar-refractivity contribution in [1.82, 2.24) is 20.3 Å². The lowest BCUT2D eigenvalue weighted by molar-refractivity contribution is -0.118. The zero-order valence-electron chi connectivity index (χ0n) is 11.5. The number of pyridine rings is 1. The summed E-state index contributed by atoms with van der Waals surface area (Å²) in [7, 11) is 0. The molecule has 0 aromatic carbocycles. The maximum atomic E-state index is 11.8. The highest BCUT2D eigenvalue weighted by Gasteiger charge is 2.08. The van der Waals surface area contributed by atoms with E-state index in [1.54, 1.807) is 23.6 Å². The molecule has 3 rings (SSSR count). The van der Waals surface area contributed by atoms with Crippen molar-refractivity contribution < 1.29 is 4.79 Å². The van der Waals surface area contributed by atoms with Gasteiger partial charge in [0, 0.05) is 17.6 Å². The van der Waals surface area contributed by atoms with Gasteiger partial charge in [0.15, 0.2) is 10.8 Å². The van der Waals surface area contributed by atoms with Crippen molar-refractivity contribution in [3.63, 3.8) is 0 Å². The van der Waals surface area contributed by atoms with E-state index in [1.165, 1.54) is 16.6 Å². The Morgan fingerprint density at radius 1 is 1.50 bits per heavy atom. The third-order valence-electron chi connectivity index (χ3n) is 2.90. The number of hydrogen-bond acceptors (Lipinski definition) is 5. The largest absolute Gasteiger partial charge is 0.355 e. The number of aromatic amines is 1. The van der Waals surface area contributed by atoms with Crippen LogP contribution in [0.4, 0.5) is 0 Å². The van der Waals surface area contributed by atoms with E-state index in [2.05, 4.69) is 26.3 Å². The van der Waals surface area contributed by atoms with E-state index >= 15 is 0 Å². The lowest BCUT2D eigenvalue weighted by Crippen LogP contribution is -2.27. The van der Waals surface area contributed by atoms with Crippen LogP contribution in [0.5, 0.6) is 0 Å². The lowest BCUT2D eigenvalue weighted by atomic mass is 10.3. The van der Waals surface area contributed by atoms with Crippen LogP contribution < -0.4 is 5.32 Å². The van der Waals surface area contributed by atoms with Crippen LogP contribution in [0.2, 0.25) is 5.02 Å². The van der Waals surface area contributed by atoms with Crippen LogP contribution in [0.15, 0.2) is 34.9 Å². The van der Waals surface area contributed by atoms with Gasteiger partial charge in [-0.05, 0) is 23.9 Å². The van der Waals surface area contributed by atoms with E-state index in [0.29, 0.717) is 28.1 Å². The number of nitrogens with one attached hydrogen (secondary N) is 2. The van der Waals surface area contributed by atoms with E-state index < -0.39 is 0 Å². The number of H-pyrrole nitrogens is 1. The molecule has 2 N–H and O–H groups in total. The van der Waals surface area contributed by atoms with Gasteiger partial charge in [0.25, 0.3) is 0 Å². The number of amides is 1. The first-order valence-corrected chi connectivity index (χ1v) is 8.88. The normalized spacial score (nSPS) is 11.0. The van der Waals surface area contributed by atoms with Gasteiger partial charge in [-0.25, -0.2) is 9.97 Å². The number of carbonyl (C=O) groups excluding carboxylic acids is 1. The Bertz CT molecular complexity index is 772. The molecule has 0 aliphatic carbocycles. The fourth-order valence-electron chi connectivity index (χ4n) is 1.89. The average molecular weight is 353 g/mol. The second kappa shape index (κ2) is 7.13. The molecule has 22 heavy (non-hydrogen) atoms. The molecule has 0 saturated heterocycles. The molecule has 0 bridgehead atoms. The van der Waals surface area contributed by atoms with Gasteiger partial charge >= 0.3 is 0 Å². The molecule has 0 aliphatic rings. The molecule has 0 saturated carbocycles. The van der Waals surface area contributed by atoms with Crippen molar-refractivity contribution >= 4 is 51.8 Å². The number of thioether (sulfide) groups is 1. The van der Waals surface area contributed by atoms with Crippen LogP contribution in [0.3, 0.4) is 0 Å². The highest BCUT2D eigenvalue weighted by atomic mass is 35.5. The maximum absolute atomic E-state index is 11.8. The Kier molecular flexibility index (Phi) is 4.97. The Labute approximate surface area is 140 Å². The van der Waals surface area contributed by atoms with E-state index in [-0.39, 0.29) is 5.91 Å². The number of nitrogens with zero attached hydrogens (tertiary/aromatic N) is 2. The molecule has 0 radical (unpaired) electrons. The van der Waals surface area contributed by atoms with Crippen molar-refractivity contribution in [2.24, 2.45) is 0 Å². The predicted molar refractivity (Wildman–Crippen MR) is 90.7 cm³/mol. The summed E-state index contributed by atoms with van der Waals surface area (Å²) < 4.78 is 0. The molecule has 0 spiro atoms. The van der Waals surface area contributed by atoms with Crippen LogP contribution in [0.1, 0.15) is 4.88 Å². The van der Waals surface area contributed by atoms with Crippen molar-refractivity contribution in [3.05, 3.63) is 39.7 Å². The molecule has 5 nitrogen and oxygen atoms in total. The monoisotopic (exact) mass is 352 g/mol. The zero-order chi connectivity index (χ0) is 15.4. The van der Waals surface area contributed by atoms with Crippen molar-refractivity contribution in [2.75, 3.05) is 12.3 Å². The average Bonchev–Trinajstić information content (AvgIpc) is 3.13. The molecule has 8 heteroatoms. The second-order valence-electron chi connectivity index (χ2n) is 4.53. The van der Waals surface area contributed by atoms with Gasteiger partial charge < -0.3 is 10.3 Å². The van der Waals surface area contributed by atoms with Crippen LogP contribution in [-0.2, 0) is 11.2 Å². The quantitative estimate of drug-likeness (QED) is 0.669. The summed E-state index contributed by atoms with van der Waals surface area (Å²) in [5.74, 6) is 0.311. The summed E-state index contributed by atoms with van der Waals surface area (Å²) in [6, 6.07) is 5.85. The molecule has 3 aromatic heterocycles. The van der Waals surface area contributed by atoms with Gasteiger partial charge in [-0.1, -0.05) is 29.4 Å². The van der Waals surface area contributed by atoms with Crippen molar-refractivity contribution in [3.8, 4) is 0 Å². The molecule has 0 atom stereocenters. The van der Waals surface area contributed by atoms with Crippen molar-refractivity contribution in [1.29, 1.82) is 0 Å². The minimum absolute atomic E-state index is 0.00648. The first kappa shape index (κ1) is 15.3. The minimum atomic E-state index is -0.00648. The van der Waals surface area contributed by atoms with Crippen LogP contribution in [0, 0.1) is 0 Å². The minimum Gasteiger partial charge on any atom is -0.355 e. The predicted octanol–water partition coefficient (Wildman–Crippen LogP) is 3.12. The summed E-state index contributed by atoms with van der Waals surface area (Å²) in [4.78, 5) is 24.6. The fourth-order valence-corrected chi connectivity index (χ4v) is 3.46. The maximum Gasteiger partial charge on any atom is 0.230 e. The lowest BCUT2D eigenvalue weighted by Gasteiger charge is -2.02. The van der Waals surface area contributed by atoms with Crippen LogP contribution in [0.25, 0.3) is 11.2 Å². The third-order valence-corrected chi connectivity index (χ3v) is 4.91. The highest BCUT2D eigenvalue weighted by molar-refractivity contribution is 7.99. The number of hydrogen-bond donors (Lipinski definition) is 2. The number of aromatic nitrogens is 3. The SMILES string of the molecule is O=C(CSc1nc2ncc(Cl)cc2[nH]1)NCCc1cccs1. The summed E-state index contributed by atoms with van der Waals surface area (Å²) in [5, 5.41) is 6.16. The second-order valence-corrected chi connectivity index (χ2v) is 6.97. The zero-order valence-corrected chi connectivity index (χ0v) is 13.9. The Morgan fingerprint density at radius 3 is 3.23 bits per heavy atom. The molecule has 0 aliphatic heterocycles. The smallest absolute Gasteiger partial charge is 0.230 e. The van der Waals surface area contributed by atoms with E-state index in [4.69, 9.17) is 11.6 Å². The molecule has 1 amide bonds. The summed E-state index contributed by atoms with van der Waals surface area (Å²) >= 11 is 8.92. The van der Waals surface area contributed by atoms with E-state index in [0.717, 1.165) is 11.9 Å². The molecule has 3 aromatic rings. The Morgan fingerprint density at radius 2 is 2.41 bits per heavy atom. The molecule has 114 valence electrons. The van der Waals surface area contributed by atoms with Gasteiger partial charge in [0.05, 0.1) is 16.3 Å². The van der Waals surface area contributed by atoms with Gasteiger partial charge in [0.1, 0.15) is 0 Å². The fraction of sp³-hybridized carbons (Fsp3) is 0.214. The first-order chi connectivity index (χ1) is 10.7. The molecular formula is C14H13ClN4OS2. The molecule has 0 unspecified atom stereocenters. The molecular weight excluding hydrogens is 340 g/mol. The number of halogens is 1. The van der Waals surface area contributed by atoms with Crippen molar-refractivity contribution in [2.45, 2.75) is 11.6 Å². The van der Waals surface area contributed by atoms with Crippen LogP contribution >= 0.6 is 34.7 Å². The number of fused-ring (bicyclic) bond motifs is 1. The Balaban J connectivity index is 1.47. The van der Waals surface area contributed by atoms with E-state index in [9.17, 15) is 4.79 Å². The first-order valence-electron chi connectivity index (χ1n) is 6.64. The number of carbonyl (C=O) groups is 1. The van der Waals surface area contributed by atoms with Gasteiger partial charge in [0.2, 0.25) is 5.91 Å². The van der Waals surface area contributed by atoms with E-state index in [1.807, 2.05) is 11.4 Å². The topological polar surface area (TPSA) is 70.7 Å². The highest BCUT2D eigenvalue weighted by Crippen LogP contribution is 2.20. The molecule has 3 heterocycles. The number of rotatable bonds is 6. The summed E-state index contributed by atoms with van der Waals surface area (Å²) in [5.41, 5.74) is 1.37. The third kappa shape index (κ3) is 4.00. The van der Waals surface area contributed by atoms with Gasteiger partial charge in [-0.3, -0.25) is 4.79 Å². The van der Waals surface area contributed by atoms with Crippen LogP contribution in [-0.4, -0.2) is 33.2 Å². The van der Waals surface area contributed by atoms with Gasteiger partial charge in [-0.15, -0.1) is 11.3 Å². The summed E-state index contributed by atoms with van der Waals surface area (Å²) in [6.45, 7) is 0.650. The number of thiophene rings is 1. The molecule has 0 fully saturated rings. The number of imidazole rings is 1. The summed E-state index contributed by atoms with van der Waals surface area (Å²) in [6.07, 6.45) is 2.41.